The van der Waals surface area contributed by atoms with Crippen LogP contribution in [0.3, 0.4) is 0 Å². The number of nitrogens with zero attached hydrogens (tertiary/aromatic N) is 1. The van der Waals surface area contributed by atoms with Crippen LogP contribution in [0.2, 0.25) is 15.1 Å². The summed E-state index contributed by atoms with van der Waals surface area (Å²) < 4.78 is 25.0. The average molecular weight is 408 g/mol. The summed E-state index contributed by atoms with van der Waals surface area (Å²) in [5.41, 5.74) is 0.632. The molecule has 0 unspecified atom stereocenters. The molecule has 0 spiro atoms. The van der Waals surface area contributed by atoms with E-state index in [0.717, 1.165) is 10.6 Å². The number of benzene rings is 2. The van der Waals surface area contributed by atoms with Crippen molar-refractivity contribution in [3.8, 4) is 0 Å². The lowest BCUT2D eigenvalue weighted by Crippen LogP contribution is -2.37. The second kappa shape index (κ2) is 7.61. The van der Waals surface area contributed by atoms with Crippen LogP contribution >= 0.6 is 34.8 Å². The van der Waals surface area contributed by atoms with Gasteiger partial charge >= 0.3 is 0 Å². The van der Waals surface area contributed by atoms with Gasteiger partial charge in [0.25, 0.3) is 0 Å². The van der Waals surface area contributed by atoms with E-state index in [1.165, 1.54) is 12.1 Å². The SMILES string of the molecule is CS(=O)(=O)N(CC(=O)Nc1ccccc1)c1cc(Cl)c(Cl)cc1Cl. The van der Waals surface area contributed by atoms with E-state index in [9.17, 15) is 13.2 Å². The summed E-state index contributed by atoms with van der Waals surface area (Å²) in [6.07, 6.45) is 0.974. The van der Waals surface area contributed by atoms with Crippen molar-refractivity contribution in [3.05, 3.63) is 57.5 Å². The molecule has 0 saturated heterocycles. The van der Waals surface area contributed by atoms with Crippen molar-refractivity contribution in [3.63, 3.8) is 0 Å². The average Bonchev–Trinajstić information content (AvgIpc) is 2.49. The molecule has 0 atom stereocenters. The molecule has 2 rings (SSSR count). The molecule has 5 nitrogen and oxygen atoms in total. The predicted molar refractivity (Wildman–Crippen MR) is 98.7 cm³/mol. The summed E-state index contributed by atoms with van der Waals surface area (Å²) in [4.78, 5) is 12.2. The molecule has 0 radical (unpaired) electrons. The highest BCUT2D eigenvalue weighted by molar-refractivity contribution is 7.92. The van der Waals surface area contributed by atoms with Gasteiger partial charge in [-0.05, 0) is 24.3 Å². The number of halogens is 3. The highest BCUT2D eigenvalue weighted by Gasteiger charge is 2.24. The van der Waals surface area contributed by atoms with Gasteiger partial charge in [-0.2, -0.15) is 0 Å². The van der Waals surface area contributed by atoms with Gasteiger partial charge in [0.05, 0.1) is 27.0 Å². The summed E-state index contributed by atoms with van der Waals surface area (Å²) in [5, 5.41) is 3.00. The van der Waals surface area contributed by atoms with Crippen LogP contribution in [0, 0.1) is 0 Å². The minimum absolute atomic E-state index is 0.0716. The molecule has 0 aliphatic carbocycles. The first kappa shape index (κ1) is 18.9. The Morgan fingerprint density at radius 3 is 2.21 bits per heavy atom. The Kier molecular flexibility index (Phi) is 5.98. The highest BCUT2D eigenvalue weighted by Crippen LogP contribution is 2.35. The molecule has 128 valence electrons. The van der Waals surface area contributed by atoms with E-state index in [1.807, 2.05) is 0 Å². The first-order chi connectivity index (χ1) is 11.2. The minimum Gasteiger partial charge on any atom is -0.325 e. The zero-order valence-electron chi connectivity index (χ0n) is 12.5. The van der Waals surface area contributed by atoms with Crippen molar-refractivity contribution < 1.29 is 13.2 Å². The van der Waals surface area contributed by atoms with Gasteiger partial charge in [0.2, 0.25) is 15.9 Å². The molecule has 2 aromatic rings. The van der Waals surface area contributed by atoms with E-state index in [-0.39, 0.29) is 20.8 Å². The van der Waals surface area contributed by atoms with Crippen LogP contribution in [0.5, 0.6) is 0 Å². The molecule has 0 saturated carbocycles. The summed E-state index contributed by atoms with van der Waals surface area (Å²) in [6.45, 7) is -0.453. The third kappa shape index (κ3) is 4.77. The lowest BCUT2D eigenvalue weighted by Gasteiger charge is -2.23. The number of para-hydroxylation sites is 1. The van der Waals surface area contributed by atoms with Crippen LogP contribution in [0.1, 0.15) is 0 Å². The van der Waals surface area contributed by atoms with E-state index in [0.29, 0.717) is 5.69 Å². The number of nitrogens with one attached hydrogen (secondary N) is 1. The van der Waals surface area contributed by atoms with E-state index >= 15 is 0 Å². The smallest absolute Gasteiger partial charge is 0.245 e. The van der Waals surface area contributed by atoms with Crippen LogP contribution in [-0.4, -0.2) is 27.1 Å². The van der Waals surface area contributed by atoms with Gasteiger partial charge in [-0.25, -0.2) is 8.42 Å². The first-order valence-electron chi connectivity index (χ1n) is 6.65. The molecular weight excluding hydrogens is 395 g/mol. The van der Waals surface area contributed by atoms with Gasteiger partial charge in [0, 0.05) is 5.69 Å². The Bertz CT molecular complexity index is 858. The summed E-state index contributed by atoms with van der Waals surface area (Å²) in [7, 11) is -3.77. The van der Waals surface area contributed by atoms with Gasteiger partial charge in [0.15, 0.2) is 0 Å². The molecule has 1 N–H and O–H groups in total. The topological polar surface area (TPSA) is 66.5 Å². The lowest BCUT2D eigenvalue weighted by atomic mass is 10.3. The second-order valence-electron chi connectivity index (χ2n) is 4.90. The third-order valence-electron chi connectivity index (χ3n) is 3.00. The number of sulfonamides is 1. The fraction of sp³-hybridized carbons (Fsp3) is 0.133. The molecule has 0 aromatic heterocycles. The molecule has 9 heteroatoms. The zero-order chi connectivity index (χ0) is 17.9. The molecule has 0 fully saturated rings. The quantitative estimate of drug-likeness (QED) is 0.760. The van der Waals surface area contributed by atoms with Crippen molar-refractivity contribution in [2.45, 2.75) is 0 Å². The van der Waals surface area contributed by atoms with Crippen LogP contribution in [0.4, 0.5) is 11.4 Å². The fourth-order valence-electron chi connectivity index (χ4n) is 1.94. The van der Waals surface area contributed by atoms with E-state index in [2.05, 4.69) is 5.32 Å². The molecule has 1 amide bonds. The number of rotatable bonds is 5. The molecule has 2 aromatic carbocycles. The van der Waals surface area contributed by atoms with Crippen molar-refractivity contribution in [2.24, 2.45) is 0 Å². The molecule has 0 aliphatic rings. The molecular formula is C15H13Cl3N2O3S. The highest BCUT2D eigenvalue weighted by atomic mass is 35.5. The summed E-state index contributed by atoms with van der Waals surface area (Å²) >= 11 is 17.9. The Labute approximate surface area is 155 Å². The molecule has 24 heavy (non-hydrogen) atoms. The number of hydrogen-bond acceptors (Lipinski definition) is 3. The van der Waals surface area contributed by atoms with Gasteiger partial charge in [-0.3, -0.25) is 9.10 Å². The van der Waals surface area contributed by atoms with Gasteiger partial charge in [0.1, 0.15) is 6.54 Å². The van der Waals surface area contributed by atoms with E-state index in [1.54, 1.807) is 30.3 Å². The second-order valence-corrected chi connectivity index (χ2v) is 8.03. The van der Waals surface area contributed by atoms with Gasteiger partial charge in [-0.15, -0.1) is 0 Å². The van der Waals surface area contributed by atoms with E-state index < -0.39 is 22.5 Å². The summed E-state index contributed by atoms with van der Waals surface area (Å²) in [5.74, 6) is -0.520. The van der Waals surface area contributed by atoms with Crippen LogP contribution < -0.4 is 9.62 Å². The van der Waals surface area contributed by atoms with E-state index in [4.69, 9.17) is 34.8 Å². The van der Waals surface area contributed by atoms with Crippen molar-refractivity contribution in [1.29, 1.82) is 0 Å². The predicted octanol–water partition coefficient (Wildman–Crippen LogP) is 4.05. The Morgan fingerprint density at radius 1 is 1.04 bits per heavy atom. The number of hydrogen-bond donors (Lipinski definition) is 1. The number of carbonyl (C=O) groups excluding carboxylic acids is 1. The normalized spacial score (nSPS) is 11.2. The standard InChI is InChI=1S/C15H13Cl3N2O3S/c1-24(22,23)20(14-8-12(17)11(16)7-13(14)18)9-15(21)19-10-5-3-2-4-6-10/h2-8H,9H2,1H3,(H,19,21). The minimum atomic E-state index is -3.77. The van der Waals surface area contributed by atoms with Gasteiger partial charge < -0.3 is 5.32 Å². The maximum atomic E-state index is 12.2. The molecule has 0 heterocycles. The van der Waals surface area contributed by atoms with Crippen molar-refractivity contribution in [2.75, 3.05) is 22.4 Å². The lowest BCUT2D eigenvalue weighted by molar-refractivity contribution is -0.114. The Morgan fingerprint density at radius 2 is 1.62 bits per heavy atom. The van der Waals surface area contributed by atoms with Crippen molar-refractivity contribution >= 4 is 62.1 Å². The third-order valence-corrected chi connectivity index (χ3v) is 5.15. The number of anilines is 2. The Hall–Kier alpha value is -1.47. The van der Waals surface area contributed by atoms with Gasteiger partial charge in [-0.1, -0.05) is 53.0 Å². The monoisotopic (exact) mass is 406 g/mol. The maximum Gasteiger partial charge on any atom is 0.245 e. The Balaban J connectivity index is 2.31. The number of amides is 1. The largest absolute Gasteiger partial charge is 0.325 e. The zero-order valence-corrected chi connectivity index (χ0v) is 15.5. The summed E-state index contributed by atoms with van der Waals surface area (Å²) in [6, 6.07) is 11.3. The van der Waals surface area contributed by atoms with Crippen LogP contribution in [-0.2, 0) is 14.8 Å². The van der Waals surface area contributed by atoms with Crippen LogP contribution in [0.15, 0.2) is 42.5 Å². The fourth-order valence-corrected chi connectivity index (χ4v) is 3.49. The molecule has 0 aliphatic heterocycles. The van der Waals surface area contributed by atoms with Crippen LogP contribution in [0.25, 0.3) is 0 Å². The first-order valence-corrected chi connectivity index (χ1v) is 9.64. The molecule has 0 bridgehead atoms. The number of carbonyl (C=O) groups is 1. The van der Waals surface area contributed by atoms with Crippen molar-refractivity contribution in [1.82, 2.24) is 0 Å². The maximum absolute atomic E-state index is 12.2.